The molecule has 7 nitrogen and oxygen atoms in total. The first-order chi connectivity index (χ1) is 15.5. The van der Waals surface area contributed by atoms with Crippen molar-refractivity contribution in [3.8, 4) is 11.1 Å². The van der Waals surface area contributed by atoms with Crippen LogP contribution in [0, 0.1) is 0 Å². The molecule has 3 rings (SSSR count). The van der Waals surface area contributed by atoms with Crippen molar-refractivity contribution < 1.29 is 29.0 Å². The molecular weight excluding hydrogens is 422 g/mol. The van der Waals surface area contributed by atoms with Crippen LogP contribution in [0.5, 0.6) is 0 Å². The second kappa shape index (κ2) is 9.98. The lowest BCUT2D eigenvalue weighted by Crippen LogP contribution is -2.45. The Morgan fingerprint density at radius 2 is 1.39 bits per heavy atom. The molecule has 0 aromatic heterocycles. The number of rotatable bonds is 8. The van der Waals surface area contributed by atoms with Crippen LogP contribution in [-0.4, -0.2) is 45.4 Å². The van der Waals surface area contributed by atoms with E-state index in [0.717, 1.165) is 27.2 Å². The highest BCUT2D eigenvalue weighted by molar-refractivity contribution is 6.04. The number of ether oxygens (including phenoxy) is 1. The third-order valence-corrected chi connectivity index (χ3v) is 5.39. The van der Waals surface area contributed by atoms with Gasteiger partial charge in [0.2, 0.25) is 11.8 Å². The zero-order chi connectivity index (χ0) is 24.2. The number of amides is 2. The summed E-state index contributed by atoms with van der Waals surface area (Å²) in [4.78, 5) is 48.4. The van der Waals surface area contributed by atoms with E-state index < -0.39 is 29.4 Å². The van der Waals surface area contributed by atoms with Crippen molar-refractivity contribution in [2.45, 2.75) is 64.5 Å². The summed E-state index contributed by atoms with van der Waals surface area (Å²) in [5, 5.41) is 9.55. The number of imide groups is 1. The van der Waals surface area contributed by atoms with Gasteiger partial charge in [0.05, 0.1) is 0 Å². The molecule has 1 heterocycles. The maximum Gasteiger partial charge on any atom is 0.327 e. The normalized spacial score (nSPS) is 14.9. The van der Waals surface area contributed by atoms with Crippen LogP contribution in [0.2, 0.25) is 0 Å². The minimum atomic E-state index is -1.19. The summed E-state index contributed by atoms with van der Waals surface area (Å²) in [7, 11) is 0. The Hall–Kier alpha value is -3.48. The minimum Gasteiger partial charge on any atom is -0.480 e. The highest BCUT2D eigenvalue weighted by atomic mass is 16.6. The van der Waals surface area contributed by atoms with Crippen LogP contribution in [0.15, 0.2) is 48.5 Å². The maximum absolute atomic E-state index is 11.9. The summed E-state index contributed by atoms with van der Waals surface area (Å²) in [6, 6.07) is 14.1. The van der Waals surface area contributed by atoms with Crippen molar-refractivity contribution in [2.75, 3.05) is 0 Å². The van der Waals surface area contributed by atoms with E-state index in [9.17, 15) is 24.3 Å². The molecule has 0 bridgehead atoms. The average molecular weight is 452 g/mol. The van der Waals surface area contributed by atoms with Crippen molar-refractivity contribution in [3.63, 3.8) is 0 Å². The van der Waals surface area contributed by atoms with E-state index in [1.165, 1.54) is 0 Å². The van der Waals surface area contributed by atoms with Crippen LogP contribution in [-0.2, 0) is 36.8 Å². The van der Waals surface area contributed by atoms with Gasteiger partial charge in [-0.3, -0.25) is 19.3 Å². The Balaban J connectivity index is 1.62. The second-order valence-corrected chi connectivity index (χ2v) is 9.20. The smallest absolute Gasteiger partial charge is 0.327 e. The van der Waals surface area contributed by atoms with E-state index in [-0.39, 0.29) is 25.2 Å². The van der Waals surface area contributed by atoms with E-state index >= 15 is 0 Å². The number of esters is 1. The molecule has 33 heavy (non-hydrogen) atoms. The van der Waals surface area contributed by atoms with Gasteiger partial charge >= 0.3 is 11.9 Å². The Kier molecular flexibility index (Phi) is 7.31. The first kappa shape index (κ1) is 24.2. The summed E-state index contributed by atoms with van der Waals surface area (Å²) in [5.74, 6) is -2.28. The third-order valence-electron chi connectivity index (χ3n) is 5.39. The molecule has 0 spiro atoms. The SMILES string of the molecule is CC(C)(C)OC(=O)CCc1ccc(-c2ccc(CC(C(=O)O)N3C(=O)CCC3=O)cc2)cc1. The lowest BCUT2D eigenvalue weighted by Gasteiger charge is -2.22. The molecule has 2 aromatic rings. The number of hydrogen-bond acceptors (Lipinski definition) is 5. The van der Waals surface area contributed by atoms with Gasteiger partial charge in [0.25, 0.3) is 0 Å². The molecule has 0 radical (unpaired) electrons. The molecule has 1 N–H and O–H groups in total. The standard InChI is InChI=1S/C26H29NO6/c1-26(2,3)33-24(30)15-8-17-4-9-19(10-5-17)20-11-6-18(7-12-20)16-21(25(31)32)27-22(28)13-14-23(27)29/h4-7,9-12,21H,8,13-16H2,1-3H3,(H,31,32). The number of aliphatic carboxylic acids is 1. The quantitative estimate of drug-likeness (QED) is 0.484. The topological polar surface area (TPSA) is 101 Å². The lowest BCUT2D eigenvalue weighted by atomic mass is 9.98. The molecule has 0 saturated carbocycles. The largest absolute Gasteiger partial charge is 0.480 e. The van der Waals surface area contributed by atoms with Gasteiger partial charge in [0.15, 0.2) is 0 Å². The molecule has 2 amide bonds. The molecule has 0 aliphatic carbocycles. The summed E-state index contributed by atoms with van der Waals surface area (Å²) < 4.78 is 5.33. The molecule has 1 aliphatic rings. The molecule has 2 aromatic carbocycles. The number of carboxylic acid groups (broad SMARTS) is 1. The van der Waals surface area contributed by atoms with Crippen molar-refractivity contribution in [2.24, 2.45) is 0 Å². The number of likely N-dealkylation sites (tertiary alicyclic amines) is 1. The Morgan fingerprint density at radius 1 is 0.909 bits per heavy atom. The van der Waals surface area contributed by atoms with E-state index in [0.29, 0.717) is 12.8 Å². The summed E-state index contributed by atoms with van der Waals surface area (Å²) in [6.07, 6.45) is 1.11. The highest BCUT2D eigenvalue weighted by Gasteiger charge is 2.38. The molecule has 1 fully saturated rings. The van der Waals surface area contributed by atoms with Gasteiger partial charge in [-0.05, 0) is 49.4 Å². The zero-order valence-corrected chi connectivity index (χ0v) is 19.2. The maximum atomic E-state index is 11.9. The summed E-state index contributed by atoms with van der Waals surface area (Å²) in [6.45, 7) is 5.54. The minimum absolute atomic E-state index is 0.0648. The van der Waals surface area contributed by atoms with Gasteiger partial charge in [-0.2, -0.15) is 0 Å². The number of aryl methyl sites for hydroxylation is 1. The van der Waals surface area contributed by atoms with Gasteiger partial charge < -0.3 is 9.84 Å². The van der Waals surface area contributed by atoms with Crippen molar-refractivity contribution >= 4 is 23.8 Å². The first-order valence-corrected chi connectivity index (χ1v) is 11.0. The number of carbonyl (C=O) groups excluding carboxylic acids is 3. The molecule has 1 saturated heterocycles. The Bertz CT molecular complexity index is 1020. The molecule has 1 unspecified atom stereocenters. The molecular formula is C26H29NO6. The molecule has 1 aliphatic heterocycles. The number of benzene rings is 2. The van der Waals surface area contributed by atoms with E-state index in [4.69, 9.17) is 4.74 Å². The van der Waals surface area contributed by atoms with Crippen LogP contribution < -0.4 is 0 Å². The van der Waals surface area contributed by atoms with Crippen LogP contribution in [0.25, 0.3) is 11.1 Å². The first-order valence-electron chi connectivity index (χ1n) is 11.0. The van der Waals surface area contributed by atoms with Crippen LogP contribution in [0.1, 0.15) is 51.2 Å². The molecule has 7 heteroatoms. The fraction of sp³-hybridized carbons (Fsp3) is 0.385. The van der Waals surface area contributed by atoms with Crippen molar-refractivity contribution in [1.29, 1.82) is 0 Å². The lowest BCUT2D eigenvalue weighted by molar-refractivity contribution is -0.154. The van der Waals surface area contributed by atoms with Crippen LogP contribution >= 0.6 is 0 Å². The number of nitrogens with zero attached hydrogens (tertiary/aromatic N) is 1. The Morgan fingerprint density at radius 3 is 1.85 bits per heavy atom. The summed E-state index contributed by atoms with van der Waals surface area (Å²) >= 11 is 0. The number of carboxylic acids is 1. The predicted octanol–water partition coefficient (Wildman–Crippen LogP) is 3.77. The van der Waals surface area contributed by atoms with Gasteiger partial charge in [-0.25, -0.2) is 4.79 Å². The predicted molar refractivity (Wildman–Crippen MR) is 122 cm³/mol. The zero-order valence-electron chi connectivity index (χ0n) is 19.2. The monoisotopic (exact) mass is 451 g/mol. The van der Waals surface area contributed by atoms with E-state index in [2.05, 4.69) is 0 Å². The number of hydrogen-bond donors (Lipinski definition) is 1. The second-order valence-electron chi connectivity index (χ2n) is 9.20. The average Bonchev–Trinajstić information content (AvgIpc) is 3.08. The molecule has 174 valence electrons. The highest BCUT2D eigenvalue weighted by Crippen LogP contribution is 2.23. The van der Waals surface area contributed by atoms with Crippen LogP contribution in [0.4, 0.5) is 0 Å². The number of carbonyl (C=O) groups is 4. The fourth-order valence-electron chi connectivity index (χ4n) is 3.79. The van der Waals surface area contributed by atoms with Gasteiger partial charge in [-0.1, -0.05) is 48.5 Å². The van der Waals surface area contributed by atoms with Crippen molar-refractivity contribution in [3.05, 3.63) is 59.7 Å². The van der Waals surface area contributed by atoms with Gasteiger partial charge in [-0.15, -0.1) is 0 Å². The van der Waals surface area contributed by atoms with Gasteiger partial charge in [0.1, 0.15) is 11.6 Å². The van der Waals surface area contributed by atoms with Crippen molar-refractivity contribution in [1.82, 2.24) is 4.90 Å². The van der Waals surface area contributed by atoms with E-state index in [1.807, 2.05) is 69.3 Å². The Labute approximate surface area is 193 Å². The third kappa shape index (κ3) is 6.51. The van der Waals surface area contributed by atoms with E-state index in [1.54, 1.807) is 0 Å². The van der Waals surface area contributed by atoms with Crippen LogP contribution in [0.3, 0.4) is 0 Å². The fourth-order valence-corrected chi connectivity index (χ4v) is 3.79. The summed E-state index contributed by atoms with van der Waals surface area (Å²) in [5.41, 5.74) is 3.22. The molecule has 1 atom stereocenters. The van der Waals surface area contributed by atoms with Gasteiger partial charge in [0, 0.05) is 25.7 Å².